The fourth-order valence-corrected chi connectivity index (χ4v) is 3.96. The summed E-state index contributed by atoms with van der Waals surface area (Å²) in [6, 6.07) is 16.4. The number of anilines is 1. The molecule has 9 nitrogen and oxygen atoms in total. The van der Waals surface area contributed by atoms with Gasteiger partial charge in [0.15, 0.2) is 0 Å². The number of hydrogen-bond donors (Lipinski definition) is 2. The smallest absolute Gasteiger partial charge is 0.274 e. The number of rotatable bonds is 8. The Hall–Kier alpha value is -4.66. The van der Waals surface area contributed by atoms with Crippen LogP contribution in [0.5, 0.6) is 5.75 Å². The molecule has 5 aromatic rings. The van der Waals surface area contributed by atoms with Gasteiger partial charge in [-0.3, -0.25) is 18.7 Å². The van der Waals surface area contributed by atoms with Crippen molar-refractivity contribution in [3.63, 3.8) is 0 Å². The Labute approximate surface area is 201 Å². The average Bonchev–Trinajstić information content (AvgIpc) is 3.47. The zero-order chi connectivity index (χ0) is 24.4. The Kier molecular flexibility index (Phi) is 5.88. The molecule has 0 bridgehead atoms. The van der Waals surface area contributed by atoms with E-state index in [-0.39, 0.29) is 5.91 Å². The molecule has 9 heteroatoms. The van der Waals surface area contributed by atoms with Gasteiger partial charge in [0.05, 0.1) is 36.7 Å². The first-order valence-corrected chi connectivity index (χ1v) is 11.3. The minimum absolute atomic E-state index is 0.283. The van der Waals surface area contributed by atoms with E-state index in [9.17, 15) is 9.59 Å². The van der Waals surface area contributed by atoms with Gasteiger partial charge in [-0.25, -0.2) is 4.98 Å². The van der Waals surface area contributed by atoms with Crippen LogP contribution in [0.25, 0.3) is 16.6 Å². The van der Waals surface area contributed by atoms with Gasteiger partial charge < -0.3 is 15.8 Å². The molecule has 0 saturated heterocycles. The van der Waals surface area contributed by atoms with Gasteiger partial charge in [-0.15, -0.1) is 0 Å². The number of primary amides is 1. The number of pyridine rings is 1. The number of benzene rings is 2. The standard InChI is InChI=1S/C26H24N6O3/c1-2-11-35-19-9-10-31-23(15-28-24(31)13-19)26(34)30-21-7-4-8-22-20(21)14-29-32(22)16-17-5-3-6-18(12-17)25(27)33/h3-10,12-15H,2,11,16H2,1H3,(H2,27,33)(H,30,34). The number of imidazole rings is 1. The van der Waals surface area contributed by atoms with Gasteiger partial charge in [-0.05, 0) is 42.3 Å². The summed E-state index contributed by atoms with van der Waals surface area (Å²) in [5, 5.41) is 8.28. The quantitative estimate of drug-likeness (QED) is 0.359. The van der Waals surface area contributed by atoms with E-state index < -0.39 is 5.91 Å². The number of hydrogen-bond acceptors (Lipinski definition) is 5. The zero-order valence-corrected chi connectivity index (χ0v) is 19.1. The topological polar surface area (TPSA) is 117 Å². The van der Waals surface area contributed by atoms with Gasteiger partial charge in [-0.1, -0.05) is 25.1 Å². The van der Waals surface area contributed by atoms with Crippen molar-refractivity contribution in [1.29, 1.82) is 0 Å². The molecule has 3 N–H and O–H groups in total. The van der Waals surface area contributed by atoms with E-state index in [1.165, 1.54) is 0 Å². The van der Waals surface area contributed by atoms with Crippen LogP contribution in [-0.4, -0.2) is 37.6 Å². The lowest BCUT2D eigenvalue weighted by Gasteiger charge is -2.09. The Bertz CT molecular complexity index is 1550. The van der Waals surface area contributed by atoms with Crippen LogP contribution >= 0.6 is 0 Å². The van der Waals surface area contributed by atoms with E-state index in [4.69, 9.17) is 10.5 Å². The van der Waals surface area contributed by atoms with Crippen molar-refractivity contribution in [2.75, 3.05) is 11.9 Å². The Morgan fingerprint density at radius 3 is 2.77 bits per heavy atom. The molecular formula is C26H24N6O3. The molecule has 3 aromatic heterocycles. The lowest BCUT2D eigenvalue weighted by atomic mass is 10.1. The molecule has 0 atom stereocenters. The maximum absolute atomic E-state index is 13.1. The van der Waals surface area contributed by atoms with Gasteiger partial charge in [0.2, 0.25) is 5.91 Å². The van der Waals surface area contributed by atoms with Crippen LogP contribution in [0.15, 0.2) is 73.2 Å². The SMILES string of the molecule is CCCOc1ccn2c(C(=O)Nc3cccc4c3cnn4Cc3cccc(C(N)=O)c3)cnc2c1. The maximum Gasteiger partial charge on any atom is 0.274 e. The van der Waals surface area contributed by atoms with Crippen LogP contribution in [0.1, 0.15) is 39.8 Å². The average molecular weight is 469 g/mol. The van der Waals surface area contributed by atoms with E-state index in [1.807, 2.05) is 48.0 Å². The summed E-state index contributed by atoms with van der Waals surface area (Å²) in [5.41, 5.74) is 9.28. The van der Waals surface area contributed by atoms with E-state index in [0.29, 0.717) is 35.7 Å². The number of fused-ring (bicyclic) bond motifs is 2. The second kappa shape index (κ2) is 9.30. The number of carbonyl (C=O) groups is 2. The Morgan fingerprint density at radius 1 is 1.09 bits per heavy atom. The first kappa shape index (κ1) is 22.1. The predicted molar refractivity (Wildman–Crippen MR) is 133 cm³/mol. The molecule has 35 heavy (non-hydrogen) atoms. The van der Waals surface area contributed by atoms with E-state index >= 15 is 0 Å². The lowest BCUT2D eigenvalue weighted by molar-refractivity contribution is 0.0997. The summed E-state index contributed by atoms with van der Waals surface area (Å²) >= 11 is 0. The van der Waals surface area contributed by atoms with Crippen molar-refractivity contribution in [3.05, 3.63) is 90.0 Å². The molecule has 3 heterocycles. The van der Waals surface area contributed by atoms with Crippen molar-refractivity contribution in [2.24, 2.45) is 5.73 Å². The summed E-state index contributed by atoms with van der Waals surface area (Å²) in [5.74, 6) is -0.0381. The highest BCUT2D eigenvalue weighted by Crippen LogP contribution is 2.25. The predicted octanol–water partition coefficient (Wildman–Crippen LogP) is 3.87. The monoisotopic (exact) mass is 468 g/mol. The minimum atomic E-state index is -0.473. The Balaban J connectivity index is 1.39. The highest BCUT2D eigenvalue weighted by atomic mass is 16.5. The second-order valence-electron chi connectivity index (χ2n) is 8.14. The summed E-state index contributed by atoms with van der Waals surface area (Å²) in [4.78, 5) is 29.0. The fraction of sp³-hybridized carbons (Fsp3) is 0.154. The third-order valence-electron chi connectivity index (χ3n) is 5.67. The van der Waals surface area contributed by atoms with Crippen LogP contribution in [0.4, 0.5) is 5.69 Å². The summed E-state index contributed by atoms with van der Waals surface area (Å²) in [6.07, 6.45) is 5.95. The minimum Gasteiger partial charge on any atom is -0.493 e. The first-order chi connectivity index (χ1) is 17.0. The zero-order valence-electron chi connectivity index (χ0n) is 19.1. The first-order valence-electron chi connectivity index (χ1n) is 11.3. The molecule has 0 aliphatic carbocycles. The highest BCUT2D eigenvalue weighted by Gasteiger charge is 2.16. The maximum atomic E-state index is 13.1. The van der Waals surface area contributed by atoms with Crippen LogP contribution < -0.4 is 15.8 Å². The van der Waals surface area contributed by atoms with Crippen LogP contribution in [0.2, 0.25) is 0 Å². The molecule has 176 valence electrons. The molecule has 0 aliphatic heterocycles. The molecule has 0 saturated carbocycles. The summed E-state index contributed by atoms with van der Waals surface area (Å²) < 4.78 is 9.20. The molecule has 0 aliphatic rings. The van der Waals surface area contributed by atoms with Crippen molar-refractivity contribution in [1.82, 2.24) is 19.2 Å². The fourth-order valence-electron chi connectivity index (χ4n) is 3.96. The van der Waals surface area contributed by atoms with Crippen molar-refractivity contribution in [2.45, 2.75) is 19.9 Å². The molecular weight excluding hydrogens is 444 g/mol. The highest BCUT2D eigenvalue weighted by molar-refractivity contribution is 6.08. The molecule has 2 aromatic carbocycles. The summed E-state index contributed by atoms with van der Waals surface area (Å²) in [7, 11) is 0. The van der Waals surface area contributed by atoms with Gasteiger partial charge in [0, 0.05) is 23.2 Å². The van der Waals surface area contributed by atoms with Crippen molar-refractivity contribution < 1.29 is 14.3 Å². The van der Waals surface area contributed by atoms with Gasteiger partial charge >= 0.3 is 0 Å². The van der Waals surface area contributed by atoms with Crippen LogP contribution in [0, 0.1) is 0 Å². The van der Waals surface area contributed by atoms with Crippen molar-refractivity contribution >= 4 is 34.1 Å². The van der Waals surface area contributed by atoms with E-state index in [2.05, 4.69) is 15.4 Å². The van der Waals surface area contributed by atoms with E-state index in [1.54, 1.807) is 41.2 Å². The van der Waals surface area contributed by atoms with E-state index in [0.717, 1.165) is 28.6 Å². The van der Waals surface area contributed by atoms with Gasteiger partial charge in [-0.2, -0.15) is 5.10 Å². The summed E-state index contributed by atoms with van der Waals surface area (Å²) in [6.45, 7) is 3.12. The number of carbonyl (C=O) groups excluding carboxylic acids is 2. The van der Waals surface area contributed by atoms with Crippen LogP contribution in [0.3, 0.4) is 0 Å². The number of ether oxygens (including phenoxy) is 1. The number of amides is 2. The Morgan fingerprint density at radius 2 is 1.94 bits per heavy atom. The second-order valence-corrected chi connectivity index (χ2v) is 8.14. The molecule has 0 fully saturated rings. The molecule has 2 amide bonds. The molecule has 0 radical (unpaired) electrons. The lowest BCUT2D eigenvalue weighted by Crippen LogP contribution is -2.14. The van der Waals surface area contributed by atoms with Crippen LogP contribution in [-0.2, 0) is 6.54 Å². The number of nitrogens with zero attached hydrogens (tertiary/aromatic N) is 4. The third-order valence-corrected chi connectivity index (χ3v) is 5.67. The number of nitrogens with one attached hydrogen (secondary N) is 1. The third kappa shape index (κ3) is 4.43. The molecule has 5 rings (SSSR count). The molecule has 0 spiro atoms. The number of nitrogens with two attached hydrogens (primary N) is 1. The normalized spacial score (nSPS) is 11.1. The largest absolute Gasteiger partial charge is 0.493 e. The van der Waals surface area contributed by atoms with Crippen molar-refractivity contribution in [3.8, 4) is 5.75 Å². The van der Waals surface area contributed by atoms with Gasteiger partial charge in [0.25, 0.3) is 5.91 Å². The molecule has 0 unspecified atom stereocenters. The number of aromatic nitrogens is 4. The van der Waals surface area contributed by atoms with Gasteiger partial charge in [0.1, 0.15) is 17.1 Å².